The molecule has 1 aliphatic carbocycles. The smallest absolute Gasteiger partial charge is 0.223 e. The van der Waals surface area contributed by atoms with E-state index in [9.17, 15) is 4.79 Å². The van der Waals surface area contributed by atoms with Gasteiger partial charge in [-0.3, -0.25) is 9.79 Å². The Morgan fingerprint density at radius 1 is 1.28 bits per heavy atom. The van der Waals surface area contributed by atoms with Crippen molar-refractivity contribution >= 4 is 47.6 Å². The quantitative estimate of drug-likeness (QED) is 0.203. The van der Waals surface area contributed by atoms with Crippen LogP contribution < -0.4 is 16.0 Å². The average Bonchev–Trinajstić information content (AvgIpc) is 2.54. The zero-order valence-corrected chi connectivity index (χ0v) is 19.4. The molecule has 25 heavy (non-hydrogen) atoms. The first-order valence-corrected chi connectivity index (χ1v) is 10.8. The van der Waals surface area contributed by atoms with Crippen molar-refractivity contribution in [3.8, 4) is 0 Å². The van der Waals surface area contributed by atoms with Crippen molar-refractivity contribution in [2.75, 3.05) is 25.1 Å². The molecular weight excluding hydrogens is 447 g/mol. The van der Waals surface area contributed by atoms with Crippen molar-refractivity contribution in [2.24, 2.45) is 10.9 Å². The van der Waals surface area contributed by atoms with Crippen molar-refractivity contribution in [2.45, 2.75) is 71.4 Å². The Balaban J connectivity index is 0.00000576. The third-order valence-corrected chi connectivity index (χ3v) is 4.88. The van der Waals surface area contributed by atoms with E-state index in [1.165, 1.54) is 12.2 Å². The van der Waals surface area contributed by atoms with Crippen LogP contribution in [0.15, 0.2) is 4.99 Å². The predicted molar refractivity (Wildman–Crippen MR) is 121 cm³/mol. The number of thioether (sulfide) groups is 1. The van der Waals surface area contributed by atoms with Gasteiger partial charge in [-0.1, -0.05) is 6.42 Å². The summed E-state index contributed by atoms with van der Waals surface area (Å²) in [4.78, 5) is 16.9. The van der Waals surface area contributed by atoms with Crippen molar-refractivity contribution in [3.05, 3.63) is 0 Å². The zero-order valence-electron chi connectivity index (χ0n) is 16.3. The van der Waals surface area contributed by atoms with Gasteiger partial charge in [-0.25, -0.2) is 0 Å². The van der Waals surface area contributed by atoms with Gasteiger partial charge in [-0.15, -0.1) is 24.0 Å². The standard InChI is InChI=1S/C18H36N4OS.HI/c1-5-19-18(20-11-6-7-12-24-4)22-16-10-8-9-15(13-16)17(23)21-14(2)3;/h14-16H,5-13H2,1-4H3,(H,21,23)(H2,19,20,22);1H. The van der Waals surface area contributed by atoms with Gasteiger partial charge in [-0.05, 0) is 64.9 Å². The average molecular weight is 484 g/mol. The molecule has 1 saturated carbocycles. The number of amides is 1. The lowest BCUT2D eigenvalue weighted by Gasteiger charge is -2.30. The van der Waals surface area contributed by atoms with Crippen LogP contribution in [0, 0.1) is 5.92 Å². The minimum absolute atomic E-state index is 0. The van der Waals surface area contributed by atoms with Gasteiger partial charge in [0, 0.05) is 31.1 Å². The van der Waals surface area contributed by atoms with Gasteiger partial charge in [0.15, 0.2) is 5.96 Å². The molecule has 5 nitrogen and oxygen atoms in total. The summed E-state index contributed by atoms with van der Waals surface area (Å²) in [5.74, 6) is 2.43. The Hall–Kier alpha value is -0.180. The van der Waals surface area contributed by atoms with Crippen LogP contribution in [0.4, 0.5) is 0 Å². The fourth-order valence-corrected chi connectivity index (χ4v) is 3.52. The summed E-state index contributed by atoms with van der Waals surface area (Å²) in [6.45, 7) is 7.85. The molecule has 148 valence electrons. The molecule has 1 fully saturated rings. The van der Waals surface area contributed by atoms with Crippen molar-refractivity contribution in [1.82, 2.24) is 16.0 Å². The molecule has 2 unspecified atom stereocenters. The summed E-state index contributed by atoms with van der Waals surface area (Å²) in [5, 5.41) is 9.92. The highest BCUT2D eigenvalue weighted by atomic mass is 127. The molecule has 2 atom stereocenters. The number of carbonyl (C=O) groups excluding carboxylic acids is 1. The summed E-state index contributed by atoms with van der Waals surface area (Å²) in [5.41, 5.74) is 0. The molecule has 7 heteroatoms. The van der Waals surface area contributed by atoms with E-state index in [0.29, 0.717) is 6.04 Å². The van der Waals surface area contributed by atoms with E-state index < -0.39 is 0 Å². The molecule has 0 spiro atoms. The molecule has 1 aliphatic rings. The van der Waals surface area contributed by atoms with Gasteiger partial charge < -0.3 is 16.0 Å². The third kappa shape index (κ3) is 11.2. The molecule has 0 saturated heterocycles. The fraction of sp³-hybridized carbons (Fsp3) is 0.889. The van der Waals surface area contributed by atoms with E-state index in [0.717, 1.165) is 51.2 Å². The van der Waals surface area contributed by atoms with Gasteiger partial charge in [0.25, 0.3) is 0 Å². The second-order valence-electron chi connectivity index (χ2n) is 6.83. The highest BCUT2D eigenvalue weighted by molar-refractivity contribution is 14.0. The van der Waals surface area contributed by atoms with Crippen molar-refractivity contribution in [3.63, 3.8) is 0 Å². The first-order chi connectivity index (χ1) is 11.6. The second kappa shape index (κ2) is 14.9. The lowest BCUT2D eigenvalue weighted by atomic mass is 9.85. The number of unbranched alkanes of at least 4 members (excludes halogenated alkanes) is 1. The molecule has 3 N–H and O–H groups in total. The van der Waals surface area contributed by atoms with E-state index in [1.807, 2.05) is 25.6 Å². The Labute approximate surface area is 175 Å². The molecule has 1 amide bonds. The van der Waals surface area contributed by atoms with Gasteiger partial charge in [0.2, 0.25) is 5.91 Å². The summed E-state index contributed by atoms with van der Waals surface area (Å²) in [6, 6.07) is 0.552. The van der Waals surface area contributed by atoms with Crippen LogP contribution in [-0.4, -0.2) is 49.0 Å². The van der Waals surface area contributed by atoms with E-state index in [4.69, 9.17) is 0 Å². The molecule has 0 radical (unpaired) electrons. The first-order valence-electron chi connectivity index (χ1n) is 9.41. The van der Waals surface area contributed by atoms with Crippen LogP contribution in [0.2, 0.25) is 0 Å². The normalized spacial score (nSPS) is 20.8. The second-order valence-corrected chi connectivity index (χ2v) is 7.81. The minimum atomic E-state index is 0. The summed E-state index contributed by atoms with van der Waals surface area (Å²) in [6.07, 6.45) is 8.59. The monoisotopic (exact) mass is 484 g/mol. The maximum absolute atomic E-state index is 12.3. The van der Waals surface area contributed by atoms with Crippen LogP contribution in [0.3, 0.4) is 0 Å². The van der Waals surface area contributed by atoms with Crippen LogP contribution in [0.5, 0.6) is 0 Å². The van der Waals surface area contributed by atoms with Gasteiger partial charge >= 0.3 is 0 Å². The summed E-state index contributed by atoms with van der Waals surface area (Å²) in [7, 11) is 0. The number of rotatable bonds is 9. The molecule has 0 aromatic carbocycles. The molecule has 0 aliphatic heterocycles. The number of halogens is 1. The number of hydrogen-bond acceptors (Lipinski definition) is 3. The Morgan fingerprint density at radius 2 is 2.04 bits per heavy atom. The van der Waals surface area contributed by atoms with E-state index in [-0.39, 0.29) is 41.8 Å². The highest BCUT2D eigenvalue weighted by Crippen LogP contribution is 2.24. The summed E-state index contributed by atoms with van der Waals surface area (Å²) >= 11 is 1.89. The van der Waals surface area contributed by atoms with Crippen LogP contribution in [0.25, 0.3) is 0 Å². The van der Waals surface area contributed by atoms with Gasteiger partial charge in [0.1, 0.15) is 0 Å². The Bertz CT molecular complexity index is 393. The van der Waals surface area contributed by atoms with E-state index in [1.54, 1.807) is 0 Å². The molecule has 0 aromatic rings. The topological polar surface area (TPSA) is 65.5 Å². The number of nitrogens with one attached hydrogen (secondary N) is 3. The Kier molecular flexibility index (Phi) is 14.8. The number of hydrogen-bond donors (Lipinski definition) is 3. The molecule has 0 heterocycles. The number of carbonyl (C=O) groups is 1. The minimum Gasteiger partial charge on any atom is -0.357 e. The largest absolute Gasteiger partial charge is 0.357 e. The van der Waals surface area contributed by atoms with Crippen molar-refractivity contribution in [1.29, 1.82) is 0 Å². The third-order valence-electron chi connectivity index (χ3n) is 4.19. The van der Waals surface area contributed by atoms with E-state index >= 15 is 0 Å². The highest BCUT2D eigenvalue weighted by Gasteiger charge is 2.27. The van der Waals surface area contributed by atoms with Crippen LogP contribution in [0.1, 0.15) is 59.3 Å². The SMILES string of the molecule is CCNC(=NCCCCSC)NC1CCCC(C(=O)NC(C)C)C1.I. The van der Waals surface area contributed by atoms with Gasteiger partial charge in [-0.2, -0.15) is 11.8 Å². The maximum atomic E-state index is 12.3. The van der Waals surface area contributed by atoms with Crippen molar-refractivity contribution < 1.29 is 4.79 Å². The fourth-order valence-electron chi connectivity index (χ4n) is 3.02. The van der Waals surface area contributed by atoms with Crippen LogP contribution >= 0.6 is 35.7 Å². The van der Waals surface area contributed by atoms with Gasteiger partial charge in [0.05, 0.1) is 0 Å². The van der Waals surface area contributed by atoms with E-state index in [2.05, 4.69) is 34.1 Å². The Morgan fingerprint density at radius 3 is 2.68 bits per heavy atom. The zero-order chi connectivity index (χ0) is 17.8. The lowest BCUT2D eigenvalue weighted by Crippen LogP contribution is -2.47. The molecule has 1 rings (SSSR count). The molecule has 0 bridgehead atoms. The first kappa shape index (κ1) is 24.8. The number of guanidine groups is 1. The number of nitrogens with zero attached hydrogens (tertiary/aromatic N) is 1. The summed E-state index contributed by atoms with van der Waals surface area (Å²) < 4.78 is 0. The number of aliphatic imine (C=N–C) groups is 1. The molecule has 0 aromatic heterocycles. The molecular formula is C18H37IN4OS. The van der Waals surface area contributed by atoms with Crippen LogP contribution in [-0.2, 0) is 4.79 Å². The lowest BCUT2D eigenvalue weighted by molar-refractivity contribution is -0.126. The predicted octanol–water partition coefficient (Wildman–Crippen LogP) is 3.39. The maximum Gasteiger partial charge on any atom is 0.223 e.